The quantitative estimate of drug-likeness (QED) is 0.425. The zero-order chi connectivity index (χ0) is 11.5. The van der Waals surface area contributed by atoms with Gasteiger partial charge in [-0.1, -0.05) is 17.9 Å². The van der Waals surface area contributed by atoms with Crippen LogP contribution in [-0.4, -0.2) is 18.0 Å². The maximum Gasteiger partial charge on any atom is 0.296 e. The number of para-hydroxylation sites is 1. The summed E-state index contributed by atoms with van der Waals surface area (Å²) in [6.45, 7) is 0. The van der Waals surface area contributed by atoms with E-state index in [9.17, 15) is 14.4 Å². The summed E-state index contributed by atoms with van der Waals surface area (Å²) in [7, 11) is 0. The maximum atomic E-state index is 11.4. The lowest BCUT2D eigenvalue weighted by atomic mass is 10.1. The third-order valence-corrected chi connectivity index (χ3v) is 2.16. The first-order chi connectivity index (χ1) is 7.74. The maximum absolute atomic E-state index is 11.4. The molecule has 0 unspecified atom stereocenters. The molecule has 0 aromatic heterocycles. The molecule has 0 fully saturated rings. The molecule has 1 aliphatic rings. The summed E-state index contributed by atoms with van der Waals surface area (Å²) in [5.74, 6) is 4.18. The Balaban J connectivity index is 2.45. The van der Waals surface area contributed by atoms with E-state index in [1.807, 2.05) is 0 Å². The Kier molecular flexibility index (Phi) is 2.52. The molecule has 0 atom stereocenters. The van der Waals surface area contributed by atoms with Crippen LogP contribution in [0.2, 0.25) is 0 Å². The van der Waals surface area contributed by atoms with Crippen LogP contribution in [0.5, 0.6) is 0 Å². The van der Waals surface area contributed by atoms with Crippen molar-refractivity contribution in [3.63, 3.8) is 0 Å². The number of benzene rings is 1. The molecule has 1 N–H and O–H groups in total. The first-order valence-electron chi connectivity index (χ1n) is 4.65. The van der Waals surface area contributed by atoms with Crippen LogP contribution in [0.25, 0.3) is 0 Å². The predicted molar refractivity (Wildman–Crippen MR) is 57.0 cm³/mol. The number of hydrogen-bond acceptors (Lipinski definition) is 3. The van der Waals surface area contributed by atoms with Crippen molar-refractivity contribution in [2.24, 2.45) is 0 Å². The van der Waals surface area contributed by atoms with Gasteiger partial charge < -0.3 is 10.1 Å². The molecular formula is C12H7NO3. The fraction of sp³-hybridized carbons (Fsp3) is 0.0833. The van der Waals surface area contributed by atoms with E-state index >= 15 is 0 Å². The van der Waals surface area contributed by atoms with Gasteiger partial charge in [0.25, 0.3) is 11.7 Å². The predicted octanol–water partition coefficient (Wildman–Crippen LogP) is 0.762. The summed E-state index contributed by atoms with van der Waals surface area (Å²) in [5, 5.41) is 2.46. The number of anilines is 1. The van der Waals surface area contributed by atoms with Crippen LogP contribution in [0.3, 0.4) is 0 Å². The lowest BCUT2D eigenvalue weighted by Crippen LogP contribution is -2.12. The van der Waals surface area contributed by atoms with Crippen molar-refractivity contribution in [1.82, 2.24) is 0 Å². The number of fused-ring (bicyclic) bond motifs is 1. The largest absolute Gasteiger partial charge is 0.317 e. The second kappa shape index (κ2) is 3.99. The van der Waals surface area contributed by atoms with E-state index in [0.717, 1.165) is 0 Å². The number of nitrogens with one attached hydrogen (secondary N) is 1. The third kappa shape index (κ3) is 1.59. The fourth-order valence-electron chi connectivity index (χ4n) is 1.46. The highest BCUT2D eigenvalue weighted by Gasteiger charge is 2.29. The zero-order valence-corrected chi connectivity index (χ0v) is 8.24. The van der Waals surface area contributed by atoms with Crippen LogP contribution in [0.15, 0.2) is 18.2 Å². The van der Waals surface area contributed by atoms with Crippen LogP contribution >= 0.6 is 0 Å². The van der Waals surface area contributed by atoms with E-state index < -0.39 is 11.7 Å². The van der Waals surface area contributed by atoms with Crippen molar-refractivity contribution < 1.29 is 14.4 Å². The number of hydrogen-bond donors (Lipinski definition) is 1. The summed E-state index contributed by atoms with van der Waals surface area (Å²) in [6.07, 6.45) is 0.825. The lowest BCUT2D eigenvalue weighted by Gasteiger charge is -1.99. The van der Waals surface area contributed by atoms with E-state index in [1.165, 1.54) is 0 Å². The van der Waals surface area contributed by atoms with Crippen LogP contribution < -0.4 is 5.32 Å². The molecule has 0 radical (unpaired) electrons. The van der Waals surface area contributed by atoms with E-state index in [0.29, 0.717) is 23.1 Å². The van der Waals surface area contributed by atoms with Gasteiger partial charge in [0.1, 0.15) is 6.29 Å². The van der Waals surface area contributed by atoms with Crippen molar-refractivity contribution in [1.29, 1.82) is 0 Å². The topological polar surface area (TPSA) is 63.2 Å². The SMILES string of the molecule is O=CCC#Cc1cccc2c1NC(=O)C2=O. The Labute approximate surface area is 91.6 Å². The molecule has 78 valence electrons. The third-order valence-electron chi connectivity index (χ3n) is 2.16. The van der Waals surface area contributed by atoms with Crippen molar-refractivity contribution in [2.75, 3.05) is 5.32 Å². The van der Waals surface area contributed by atoms with Gasteiger partial charge in [-0.25, -0.2) is 0 Å². The molecule has 1 aromatic carbocycles. The molecule has 0 saturated heterocycles. The molecule has 1 aliphatic heterocycles. The zero-order valence-electron chi connectivity index (χ0n) is 8.24. The second-order valence-electron chi connectivity index (χ2n) is 3.18. The number of rotatable bonds is 1. The monoisotopic (exact) mass is 213 g/mol. The number of ketones is 1. The first kappa shape index (κ1) is 10.1. The highest BCUT2D eigenvalue weighted by atomic mass is 16.2. The number of aldehydes is 1. The summed E-state index contributed by atoms with van der Waals surface area (Å²) in [4.78, 5) is 32.6. The molecule has 16 heavy (non-hydrogen) atoms. The van der Waals surface area contributed by atoms with Crippen molar-refractivity contribution in [3.8, 4) is 11.8 Å². The highest BCUT2D eigenvalue weighted by molar-refractivity contribution is 6.51. The molecule has 0 spiro atoms. The fourth-order valence-corrected chi connectivity index (χ4v) is 1.46. The summed E-state index contributed by atoms with van der Waals surface area (Å²) < 4.78 is 0. The van der Waals surface area contributed by atoms with Gasteiger partial charge in [0, 0.05) is 5.56 Å². The van der Waals surface area contributed by atoms with E-state index in [1.54, 1.807) is 18.2 Å². The lowest BCUT2D eigenvalue weighted by molar-refractivity contribution is -0.112. The Hall–Kier alpha value is -2.41. The van der Waals surface area contributed by atoms with Crippen LogP contribution in [0.4, 0.5) is 5.69 Å². The summed E-state index contributed by atoms with van der Waals surface area (Å²) in [5.41, 5.74) is 1.33. The highest BCUT2D eigenvalue weighted by Crippen LogP contribution is 2.26. The number of carbonyl (C=O) groups is 3. The Morgan fingerprint density at radius 2 is 2.12 bits per heavy atom. The van der Waals surface area contributed by atoms with E-state index in [-0.39, 0.29) is 6.42 Å². The molecule has 4 nitrogen and oxygen atoms in total. The summed E-state index contributed by atoms with van der Waals surface area (Å²) in [6, 6.07) is 4.91. The molecule has 1 aromatic rings. The van der Waals surface area contributed by atoms with Gasteiger partial charge in [0.05, 0.1) is 17.7 Å². The van der Waals surface area contributed by atoms with Gasteiger partial charge in [-0.2, -0.15) is 0 Å². The normalized spacial score (nSPS) is 12.5. The number of amides is 1. The Morgan fingerprint density at radius 3 is 2.88 bits per heavy atom. The standard InChI is InChI=1S/C12H7NO3/c14-7-2-1-4-8-5-3-6-9-10(8)13-12(16)11(9)15/h3,5-7H,2H2,(H,13,15,16). The van der Waals surface area contributed by atoms with Gasteiger partial charge in [0.2, 0.25) is 0 Å². The van der Waals surface area contributed by atoms with Gasteiger partial charge in [-0.05, 0) is 12.1 Å². The van der Waals surface area contributed by atoms with Crippen molar-refractivity contribution in [3.05, 3.63) is 29.3 Å². The second-order valence-corrected chi connectivity index (χ2v) is 3.18. The molecule has 4 heteroatoms. The average Bonchev–Trinajstić information content (AvgIpc) is 2.57. The van der Waals surface area contributed by atoms with Gasteiger partial charge in [-0.3, -0.25) is 9.59 Å². The molecular weight excluding hydrogens is 206 g/mol. The van der Waals surface area contributed by atoms with Crippen LogP contribution in [0.1, 0.15) is 22.3 Å². The number of Topliss-reactive ketones (excluding diaryl/α,β-unsaturated/α-hetero) is 1. The number of carbonyl (C=O) groups excluding carboxylic acids is 3. The van der Waals surface area contributed by atoms with Gasteiger partial charge >= 0.3 is 0 Å². The smallest absolute Gasteiger partial charge is 0.296 e. The van der Waals surface area contributed by atoms with E-state index in [2.05, 4.69) is 17.2 Å². The van der Waals surface area contributed by atoms with Gasteiger partial charge in [-0.15, -0.1) is 0 Å². The molecule has 1 heterocycles. The Bertz CT molecular complexity index is 549. The molecule has 1 amide bonds. The van der Waals surface area contributed by atoms with Crippen molar-refractivity contribution in [2.45, 2.75) is 6.42 Å². The van der Waals surface area contributed by atoms with E-state index in [4.69, 9.17) is 0 Å². The minimum atomic E-state index is -0.639. The minimum absolute atomic E-state index is 0.131. The molecule has 0 aliphatic carbocycles. The first-order valence-corrected chi connectivity index (χ1v) is 4.65. The summed E-state index contributed by atoms with van der Waals surface area (Å²) >= 11 is 0. The van der Waals surface area contributed by atoms with Crippen LogP contribution in [0, 0.1) is 11.8 Å². The van der Waals surface area contributed by atoms with Crippen molar-refractivity contribution >= 4 is 23.7 Å². The minimum Gasteiger partial charge on any atom is -0.317 e. The molecule has 2 rings (SSSR count). The van der Waals surface area contributed by atoms with Crippen LogP contribution in [-0.2, 0) is 9.59 Å². The Morgan fingerprint density at radius 1 is 1.31 bits per heavy atom. The average molecular weight is 213 g/mol. The van der Waals surface area contributed by atoms with Gasteiger partial charge in [0.15, 0.2) is 0 Å². The molecule has 0 bridgehead atoms. The molecule has 0 saturated carbocycles.